The summed E-state index contributed by atoms with van der Waals surface area (Å²) in [7, 11) is -8.51. The highest BCUT2D eigenvalue weighted by molar-refractivity contribution is 7.88. The molecule has 0 aliphatic heterocycles. The third-order valence-electron chi connectivity index (χ3n) is 1.92. The normalized spacial score (nSPS) is 13.8. The van der Waals surface area contributed by atoms with E-state index >= 15 is 0 Å². The van der Waals surface area contributed by atoms with Crippen LogP contribution in [0.25, 0.3) is 0 Å². The van der Waals surface area contributed by atoms with Crippen molar-refractivity contribution in [3.05, 3.63) is 0 Å². The number of nitrogens with one attached hydrogen (secondary N) is 2. The summed E-state index contributed by atoms with van der Waals surface area (Å²) in [5.41, 5.74) is 0. The van der Waals surface area contributed by atoms with E-state index < -0.39 is 32.6 Å². The lowest BCUT2D eigenvalue weighted by Crippen LogP contribution is -2.42. The van der Waals surface area contributed by atoms with Gasteiger partial charge in [-0.25, -0.2) is 9.52 Å². The van der Waals surface area contributed by atoms with Gasteiger partial charge in [-0.3, -0.25) is 4.57 Å². The molecule has 0 bridgehead atoms. The van der Waals surface area contributed by atoms with E-state index in [4.69, 9.17) is 9.63 Å². The van der Waals surface area contributed by atoms with Crippen LogP contribution >= 0.6 is 8.25 Å². The molecule has 0 rings (SSSR count). The Hall–Kier alpha value is -0.453. The number of amides is 1. The molecule has 0 aliphatic carbocycles. The van der Waals surface area contributed by atoms with E-state index in [-0.39, 0.29) is 19.8 Å². The fourth-order valence-electron chi connectivity index (χ4n) is 0.940. The molecule has 0 saturated heterocycles. The number of carbonyl (C=O) groups is 1. The maximum atomic E-state index is 11.3. The Bertz CT molecular complexity index is 437. The smallest absolute Gasteiger partial charge is 0.421 e. The van der Waals surface area contributed by atoms with Crippen molar-refractivity contribution in [3.63, 3.8) is 0 Å². The lowest BCUT2D eigenvalue weighted by molar-refractivity contribution is 0.158. The third-order valence-corrected chi connectivity index (χ3v) is 5.10. The van der Waals surface area contributed by atoms with E-state index in [0.717, 1.165) is 6.04 Å². The van der Waals surface area contributed by atoms with Crippen LogP contribution in [0.2, 0.25) is 25.7 Å². The second kappa shape index (κ2) is 8.75. The van der Waals surface area contributed by atoms with Crippen LogP contribution in [0.15, 0.2) is 0 Å². The first kappa shape index (κ1) is 19.5. The Morgan fingerprint density at radius 3 is 2.40 bits per heavy atom. The van der Waals surface area contributed by atoms with Gasteiger partial charge in [0.25, 0.3) is 0 Å². The molecule has 0 aromatic rings. The first-order valence-corrected chi connectivity index (χ1v) is 12.3. The first-order chi connectivity index (χ1) is 9.02. The number of rotatable bonds is 9. The summed E-state index contributed by atoms with van der Waals surface area (Å²) in [6.45, 7) is 5.93. The van der Waals surface area contributed by atoms with Crippen molar-refractivity contribution in [1.29, 1.82) is 0 Å². The third kappa shape index (κ3) is 12.6. The van der Waals surface area contributed by atoms with Crippen molar-refractivity contribution in [2.45, 2.75) is 25.7 Å². The van der Waals surface area contributed by atoms with E-state index in [2.05, 4.69) is 24.2 Å². The van der Waals surface area contributed by atoms with Gasteiger partial charge in [0.2, 0.25) is 0 Å². The highest BCUT2D eigenvalue weighted by Gasteiger charge is 2.17. The molecule has 0 saturated carbocycles. The molecule has 0 aromatic heterocycles. The van der Waals surface area contributed by atoms with Crippen molar-refractivity contribution < 1.29 is 31.9 Å². The summed E-state index contributed by atoms with van der Waals surface area (Å²) >= 11 is 0. The Balaban J connectivity index is 3.95. The second-order valence-corrected chi connectivity index (χ2v) is 13.0. The maximum Gasteiger partial charge on any atom is 0.421 e. The van der Waals surface area contributed by atoms with Crippen LogP contribution in [0.3, 0.4) is 0 Å². The van der Waals surface area contributed by atoms with Crippen LogP contribution in [-0.4, -0.2) is 47.2 Å². The number of carbonyl (C=O) groups excluding carboxylic acids is 1. The molecule has 0 spiro atoms. The quantitative estimate of drug-likeness (QED) is 0.310. The molecule has 0 radical (unpaired) electrons. The average Bonchev–Trinajstić information content (AvgIpc) is 2.21. The molecule has 0 fully saturated rings. The topological polar surface area (TPSA) is 131 Å². The summed E-state index contributed by atoms with van der Waals surface area (Å²) in [4.78, 5) is 19.6. The minimum absolute atomic E-state index is 0.159. The van der Waals surface area contributed by atoms with Crippen LogP contribution < -0.4 is 9.44 Å². The Morgan fingerprint density at radius 2 is 1.90 bits per heavy atom. The predicted molar refractivity (Wildman–Crippen MR) is 76.7 cm³/mol. The lowest BCUT2D eigenvalue weighted by Gasteiger charge is -2.15. The zero-order valence-electron chi connectivity index (χ0n) is 11.6. The molecule has 1 amide bonds. The predicted octanol–water partition coefficient (Wildman–Crippen LogP) is 0.284. The Kier molecular flexibility index (Phi) is 8.55. The molecular weight excluding hydrogens is 327 g/mol. The van der Waals surface area contributed by atoms with E-state index in [1.807, 2.05) is 4.72 Å². The number of ether oxygens (including phenoxy) is 1. The molecule has 1 atom stereocenters. The lowest BCUT2D eigenvalue weighted by atomic mass is 10.8. The number of hydrogen-bond donors (Lipinski definition) is 3. The van der Waals surface area contributed by atoms with Gasteiger partial charge in [-0.15, -0.1) is 0 Å². The summed E-state index contributed by atoms with van der Waals surface area (Å²) < 4.78 is 45.5. The van der Waals surface area contributed by atoms with Gasteiger partial charge in [0, 0.05) is 14.6 Å². The van der Waals surface area contributed by atoms with Crippen LogP contribution in [-0.2, 0) is 24.0 Å². The maximum absolute atomic E-state index is 11.3. The highest BCUT2D eigenvalue weighted by Crippen LogP contribution is 2.12. The fourth-order valence-corrected chi connectivity index (χ4v) is 2.63. The fraction of sp³-hybridized carbons (Fsp3) is 0.875. The van der Waals surface area contributed by atoms with Crippen molar-refractivity contribution in [2.75, 3.05) is 19.8 Å². The van der Waals surface area contributed by atoms with Gasteiger partial charge in [-0.2, -0.15) is 13.1 Å². The second-order valence-electron chi connectivity index (χ2n) is 5.06. The van der Waals surface area contributed by atoms with Crippen LogP contribution in [0, 0.1) is 0 Å². The summed E-state index contributed by atoms with van der Waals surface area (Å²) in [6.07, 6.45) is -1.06. The Morgan fingerprint density at radius 1 is 1.30 bits per heavy atom. The van der Waals surface area contributed by atoms with E-state index in [1.54, 1.807) is 4.72 Å². The first-order valence-electron chi connectivity index (χ1n) is 5.82. The summed E-state index contributed by atoms with van der Waals surface area (Å²) in [5, 5.41) is 0. The van der Waals surface area contributed by atoms with Gasteiger partial charge >= 0.3 is 24.6 Å². The van der Waals surface area contributed by atoms with E-state index in [1.165, 1.54) is 0 Å². The molecule has 0 aromatic carbocycles. The summed E-state index contributed by atoms with van der Waals surface area (Å²) in [6, 6.07) is 0.729. The average molecular weight is 348 g/mol. The monoisotopic (exact) mass is 348 g/mol. The number of hydrogen-bond acceptors (Lipinski definition) is 6. The molecule has 20 heavy (non-hydrogen) atoms. The molecule has 9 nitrogen and oxygen atoms in total. The van der Waals surface area contributed by atoms with Gasteiger partial charge in [-0.05, 0) is 6.04 Å². The van der Waals surface area contributed by atoms with Gasteiger partial charge in [0.1, 0.15) is 0 Å². The molecular formula is C8H21N2O7PSSi. The molecule has 12 heteroatoms. The van der Waals surface area contributed by atoms with Crippen molar-refractivity contribution in [1.82, 2.24) is 9.44 Å². The molecule has 1 unspecified atom stereocenters. The van der Waals surface area contributed by atoms with Crippen LogP contribution in [0.1, 0.15) is 0 Å². The molecule has 120 valence electrons. The van der Waals surface area contributed by atoms with Crippen LogP contribution in [0.4, 0.5) is 4.79 Å². The highest BCUT2D eigenvalue weighted by atomic mass is 32.2. The zero-order chi connectivity index (χ0) is 15.8. The van der Waals surface area contributed by atoms with E-state index in [0.29, 0.717) is 0 Å². The van der Waals surface area contributed by atoms with Gasteiger partial charge < -0.3 is 14.2 Å². The van der Waals surface area contributed by atoms with Crippen LogP contribution in [0.5, 0.6) is 0 Å². The minimum atomic E-state index is -4.06. The minimum Gasteiger partial charge on any atom is -0.449 e. The zero-order valence-corrected chi connectivity index (χ0v) is 14.4. The molecule has 0 aliphatic rings. The van der Waals surface area contributed by atoms with Crippen molar-refractivity contribution >= 4 is 32.6 Å². The standard InChI is InChI=1S/C8H21N2O7PSSi/c1-20(2,3)7-6-16-8(11)10-19(14,15)9-4-5-17-18(12)13/h9,18H,4-7H2,1-3H3,(H,10,11)(H,12,13). The Labute approximate surface area is 120 Å². The molecule has 0 heterocycles. The summed E-state index contributed by atoms with van der Waals surface area (Å²) in [5.74, 6) is 0. The van der Waals surface area contributed by atoms with Crippen molar-refractivity contribution in [2.24, 2.45) is 0 Å². The van der Waals surface area contributed by atoms with Crippen molar-refractivity contribution in [3.8, 4) is 0 Å². The largest absolute Gasteiger partial charge is 0.449 e. The van der Waals surface area contributed by atoms with Gasteiger partial charge in [-0.1, -0.05) is 19.6 Å². The van der Waals surface area contributed by atoms with Gasteiger partial charge in [0.05, 0.1) is 13.2 Å². The molecule has 3 N–H and O–H groups in total. The van der Waals surface area contributed by atoms with E-state index in [9.17, 15) is 17.8 Å². The SMILES string of the molecule is C[Si](C)(C)CCOC(=O)NS(=O)(=O)NCCO[PH](=O)O. The van der Waals surface area contributed by atoms with Gasteiger partial charge in [0.15, 0.2) is 0 Å².